The van der Waals surface area contributed by atoms with Gasteiger partial charge >= 0.3 is 22.3 Å². The molecule has 8 nitrogen and oxygen atoms in total. The van der Waals surface area contributed by atoms with Gasteiger partial charge in [0, 0.05) is 12.5 Å². The lowest BCUT2D eigenvalue weighted by Crippen LogP contribution is -2.44. The molecule has 0 aromatic rings. The molecule has 0 saturated heterocycles. The molecule has 0 radical (unpaired) electrons. The Bertz CT molecular complexity index is 366. The van der Waals surface area contributed by atoms with Crippen LogP contribution < -0.4 is 9.44 Å². The lowest BCUT2D eigenvalue weighted by molar-refractivity contribution is -0.137. The lowest BCUT2D eigenvalue weighted by atomic mass is 10.2. The van der Waals surface area contributed by atoms with Crippen LogP contribution in [0.5, 0.6) is 0 Å². The molecular weight excluding hydrogens is 252 g/mol. The minimum Gasteiger partial charge on any atom is -0.481 e. The van der Waals surface area contributed by atoms with Crippen molar-refractivity contribution in [2.24, 2.45) is 0 Å². The Kier molecular flexibility index (Phi) is 6.51. The third kappa shape index (κ3) is 8.46. The summed E-state index contributed by atoms with van der Waals surface area (Å²) in [6, 6.07) is -0.599. The summed E-state index contributed by atoms with van der Waals surface area (Å²) in [6.07, 6.45) is -1.12. The van der Waals surface area contributed by atoms with E-state index in [-0.39, 0.29) is 19.4 Å². The van der Waals surface area contributed by atoms with Gasteiger partial charge < -0.3 is 9.84 Å². The van der Waals surface area contributed by atoms with E-state index >= 15 is 0 Å². The van der Waals surface area contributed by atoms with E-state index in [1.807, 2.05) is 0 Å². The maximum absolute atomic E-state index is 11.3. The number of aliphatic carboxylic acids is 1. The van der Waals surface area contributed by atoms with Gasteiger partial charge in [-0.1, -0.05) is 0 Å². The first-order chi connectivity index (χ1) is 7.76. The molecule has 1 amide bonds. The topological polar surface area (TPSA) is 122 Å². The molecule has 0 rings (SSSR count). The Morgan fingerprint density at radius 1 is 1.41 bits per heavy atom. The minimum absolute atomic E-state index is 0.0515. The van der Waals surface area contributed by atoms with Crippen LogP contribution in [0.2, 0.25) is 0 Å². The smallest absolute Gasteiger partial charge is 0.421 e. The van der Waals surface area contributed by atoms with Crippen molar-refractivity contribution in [1.82, 2.24) is 9.44 Å². The van der Waals surface area contributed by atoms with Crippen molar-refractivity contribution in [3.05, 3.63) is 0 Å². The van der Waals surface area contributed by atoms with Crippen LogP contribution in [0.3, 0.4) is 0 Å². The Morgan fingerprint density at radius 3 is 2.47 bits per heavy atom. The zero-order valence-corrected chi connectivity index (χ0v) is 10.4. The molecule has 0 aromatic carbocycles. The van der Waals surface area contributed by atoms with Gasteiger partial charge in [-0.2, -0.15) is 13.1 Å². The summed E-state index contributed by atoms with van der Waals surface area (Å²) in [5.74, 6) is -1.02. The van der Waals surface area contributed by atoms with E-state index in [1.54, 1.807) is 4.72 Å². The van der Waals surface area contributed by atoms with E-state index in [4.69, 9.17) is 5.11 Å². The predicted octanol–water partition coefficient (Wildman–Crippen LogP) is -0.180. The summed E-state index contributed by atoms with van der Waals surface area (Å²) in [7, 11) is -4.02. The van der Waals surface area contributed by atoms with Gasteiger partial charge in [-0.05, 0) is 20.3 Å². The first-order valence-electron chi connectivity index (χ1n) is 4.95. The van der Waals surface area contributed by atoms with E-state index < -0.39 is 28.3 Å². The van der Waals surface area contributed by atoms with Crippen molar-refractivity contribution in [2.45, 2.75) is 32.7 Å². The van der Waals surface area contributed by atoms with Crippen LogP contribution in [0, 0.1) is 0 Å². The number of hydrogen-bond acceptors (Lipinski definition) is 5. The number of amides is 1. The van der Waals surface area contributed by atoms with Crippen LogP contribution in [0.4, 0.5) is 4.79 Å². The summed E-state index contributed by atoms with van der Waals surface area (Å²) in [5, 5.41) is 8.41. The molecule has 0 aliphatic heterocycles. The fourth-order valence-corrected chi connectivity index (χ4v) is 1.95. The van der Waals surface area contributed by atoms with Gasteiger partial charge in [0.2, 0.25) is 0 Å². The zero-order valence-electron chi connectivity index (χ0n) is 9.60. The minimum atomic E-state index is -4.02. The van der Waals surface area contributed by atoms with Crippen molar-refractivity contribution in [1.29, 1.82) is 0 Å². The number of carboxylic acid groups (broad SMARTS) is 1. The predicted molar refractivity (Wildman–Crippen MR) is 58.5 cm³/mol. The van der Waals surface area contributed by atoms with E-state index in [2.05, 4.69) is 9.46 Å². The van der Waals surface area contributed by atoms with Gasteiger partial charge in [-0.3, -0.25) is 4.79 Å². The van der Waals surface area contributed by atoms with Gasteiger partial charge in [-0.15, -0.1) is 0 Å². The molecular formula is C8H16N2O6S. The third-order valence-electron chi connectivity index (χ3n) is 1.64. The number of carbonyl (C=O) groups excluding carboxylic acids is 1. The number of hydrogen-bond donors (Lipinski definition) is 3. The average Bonchev–Trinajstić information content (AvgIpc) is 2.13. The van der Waals surface area contributed by atoms with Gasteiger partial charge in [-0.25, -0.2) is 9.52 Å². The summed E-state index contributed by atoms with van der Waals surface area (Å²) in [4.78, 5) is 21.1. The summed E-state index contributed by atoms with van der Waals surface area (Å²) in [6.45, 7) is 3.08. The van der Waals surface area contributed by atoms with Crippen LogP contribution >= 0.6 is 0 Å². The fraction of sp³-hybridized carbons (Fsp3) is 0.750. The van der Waals surface area contributed by atoms with Gasteiger partial charge in [0.25, 0.3) is 0 Å². The van der Waals surface area contributed by atoms with E-state index in [0.29, 0.717) is 0 Å². The Labute approximate surface area is 99.5 Å². The second-order valence-corrected chi connectivity index (χ2v) is 4.72. The average molecular weight is 268 g/mol. The molecule has 0 bridgehead atoms. The molecule has 0 aliphatic rings. The van der Waals surface area contributed by atoms with Gasteiger partial charge in [0.05, 0.1) is 6.61 Å². The standard InChI is InChI=1S/C8H16N2O6S/c1-3-16-8(13)10-17(14,15)9-6(2)4-5-7(11)12/h6,9H,3-5H2,1-2H3,(H,10,13)(H,11,12). The van der Waals surface area contributed by atoms with Crippen LogP contribution in [0.15, 0.2) is 0 Å². The van der Waals surface area contributed by atoms with E-state index in [9.17, 15) is 18.0 Å². The van der Waals surface area contributed by atoms with Crippen molar-refractivity contribution in [2.75, 3.05) is 6.61 Å². The second kappa shape index (κ2) is 7.07. The highest BCUT2D eigenvalue weighted by atomic mass is 32.2. The summed E-state index contributed by atoms with van der Waals surface area (Å²) < 4.78 is 30.7. The van der Waals surface area contributed by atoms with Crippen LogP contribution in [0.25, 0.3) is 0 Å². The van der Waals surface area contributed by atoms with E-state index in [0.717, 1.165) is 0 Å². The highest BCUT2D eigenvalue weighted by Gasteiger charge is 2.18. The molecule has 0 aliphatic carbocycles. The SMILES string of the molecule is CCOC(=O)NS(=O)(=O)NC(C)CCC(=O)O. The molecule has 17 heavy (non-hydrogen) atoms. The van der Waals surface area contributed by atoms with Crippen LogP contribution in [-0.2, 0) is 19.7 Å². The normalized spacial score (nSPS) is 12.8. The number of carbonyl (C=O) groups is 2. The van der Waals surface area contributed by atoms with Gasteiger partial charge in [0.15, 0.2) is 0 Å². The first-order valence-corrected chi connectivity index (χ1v) is 6.43. The van der Waals surface area contributed by atoms with Gasteiger partial charge in [0.1, 0.15) is 0 Å². The molecule has 0 saturated carbocycles. The van der Waals surface area contributed by atoms with Crippen LogP contribution in [-0.4, -0.2) is 38.2 Å². The molecule has 0 aromatic heterocycles. The molecule has 0 spiro atoms. The number of carboxylic acids is 1. The maximum atomic E-state index is 11.3. The molecule has 3 N–H and O–H groups in total. The molecule has 0 fully saturated rings. The second-order valence-electron chi connectivity index (χ2n) is 3.28. The fourth-order valence-electron chi connectivity index (χ4n) is 0.963. The molecule has 9 heteroatoms. The largest absolute Gasteiger partial charge is 0.481 e. The third-order valence-corrected chi connectivity index (χ3v) is 2.79. The van der Waals surface area contributed by atoms with Crippen LogP contribution in [0.1, 0.15) is 26.7 Å². The highest BCUT2D eigenvalue weighted by molar-refractivity contribution is 7.88. The quantitative estimate of drug-likeness (QED) is 0.588. The highest BCUT2D eigenvalue weighted by Crippen LogP contribution is 1.97. The molecule has 1 unspecified atom stereocenters. The van der Waals surface area contributed by atoms with E-state index in [1.165, 1.54) is 13.8 Å². The van der Waals surface area contributed by atoms with Crippen molar-refractivity contribution >= 4 is 22.3 Å². The number of nitrogens with one attached hydrogen (secondary N) is 2. The van der Waals surface area contributed by atoms with Crippen molar-refractivity contribution in [3.8, 4) is 0 Å². The molecule has 100 valence electrons. The van der Waals surface area contributed by atoms with Crippen molar-refractivity contribution < 1.29 is 27.9 Å². The number of rotatable bonds is 7. The first kappa shape index (κ1) is 15.7. The summed E-state index contributed by atoms with van der Waals surface area (Å²) >= 11 is 0. The summed E-state index contributed by atoms with van der Waals surface area (Å²) in [5.41, 5.74) is 0. The Morgan fingerprint density at radius 2 is 2.00 bits per heavy atom. The Balaban J connectivity index is 4.16. The lowest BCUT2D eigenvalue weighted by Gasteiger charge is -2.13. The monoisotopic (exact) mass is 268 g/mol. The molecule has 1 atom stereocenters. The zero-order chi connectivity index (χ0) is 13.5. The molecule has 0 heterocycles. The van der Waals surface area contributed by atoms with Crippen molar-refractivity contribution in [3.63, 3.8) is 0 Å². The Hall–Kier alpha value is -1.35. The number of ether oxygens (including phenoxy) is 1. The maximum Gasteiger partial charge on any atom is 0.421 e.